The first-order valence-corrected chi connectivity index (χ1v) is 9.98. The van der Waals surface area contributed by atoms with Crippen LogP contribution in [-0.2, 0) is 7.05 Å². The van der Waals surface area contributed by atoms with Gasteiger partial charge in [-0.25, -0.2) is 4.98 Å². The molecule has 30 heavy (non-hydrogen) atoms. The molecule has 0 fully saturated rings. The van der Waals surface area contributed by atoms with E-state index in [1.165, 1.54) is 0 Å². The minimum absolute atomic E-state index is 0.0121. The zero-order valence-electron chi connectivity index (χ0n) is 17.8. The van der Waals surface area contributed by atoms with Crippen LogP contribution in [0, 0.1) is 11.3 Å². The number of imidazole rings is 1. The average Bonchev–Trinajstić information content (AvgIpc) is 3.27. The second kappa shape index (κ2) is 7.30. The minimum atomic E-state index is 0.0121. The predicted molar refractivity (Wildman–Crippen MR) is 116 cm³/mol. The Balaban J connectivity index is 1.84. The predicted octanol–water partition coefficient (Wildman–Crippen LogP) is 4.02. The Morgan fingerprint density at radius 3 is 2.53 bits per heavy atom. The summed E-state index contributed by atoms with van der Waals surface area (Å²) in [6.45, 7) is 8.11. The SMILES string of the molecule is CC(C)N(C(=O)c1ccc2c(-c3cnc4ccc(C#N)cn34)nn(C)c2c1)C(C)C. The second-order valence-corrected chi connectivity index (χ2v) is 8.01. The first-order chi connectivity index (χ1) is 14.3. The first-order valence-electron chi connectivity index (χ1n) is 9.98. The third kappa shape index (κ3) is 3.11. The van der Waals surface area contributed by atoms with Crippen LogP contribution in [0.25, 0.3) is 27.9 Å². The molecular weight excluding hydrogens is 376 g/mol. The van der Waals surface area contributed by atoms with Gasteiger partial charge < -0.3 is 4.90 Å². The number of pyridine rings is 1. The zero-order valence-corrected chi connectivity index (χ0v) is 17.8. The van der Waals surface area contributed by atoms with E-state index in [9.17, 15) is 10.1 Å². The van der Waals surface area contributed by atoms with E-state index in [1.54, 1.807) is 23.1 Å². The number of carbonyl (C=O) groups excluding carboxylic acids is 1. The smallest absolute Gasteiger partial charge is 0.254 e. The maximum absolute atomic E-state index is 13.1. The summed E-state index contributed by atoms with van der Waals surface area (Å²) in [5.74, 6) is 0.0121. The Morgan fingerprint density at radius 2 is 1.87 bits per heavy atom. The van der Waals surface area contributed by atoms with Crippen molar-refractivity contribution >= 4 is 22.5 Å². The number of aryl methyl sites for hydroxylation is 1. The number of fused-ring (bicyclic) bond motifs is 2. The lowest BCUT2D eigenvalue weighted by atomic mass is 10.1. The molecule has 0 radical (unpaired) electrons. The fourth-order valence-electron chi connectivity index (χ4n) is 4.02. The monoisotopic (exact) mass is 400 g/mol. The van der Waals surface area contributed by atoms with Gasteiger partial charge in [-0.15, -0.1) is 0 Å². The van der Waals surface area contributed by atoms with Gasteiger partial charge in [0.2, 0.25) is 0 Å². The van der Waals surface area contributed by atoms with E-state index in [2.05, 4.69) is 11.1 Å². The fraction of sp³-hybridized carbons (Fsp3) is 0.304. The van der Waals surface area contributed by atoms with Crippen LogP contribution in [0.1, 0.15) is 43.6 Å². The quantitative estimate of drug-likeness (QED) is 0.518. The molecule has 0 bridgehead atoms. The van der Waals surface area contributed by atoms with Gasteiger partial charge in [-0.1, -0.05) is 0 Å². The van der Waals surface area contributed by atoms with E-state index in [1.807, 2.05) is 68.3 Å². The van der Waals surface area contributed by atoms with Gasteiger partial charge in [-0.2, -0.15) is 10.4 Å². The van der Waals surface area contributed by atoms with E-state index < -0.39 is 0 Å². The first kappa shape index (κ1) is 19.6. The Morgan fingerprint density at radius 1 is 1.13 bits per heavy atom. The van der Waals surface area contributed by atoms with Crippen molar-refractivity contribution in [3.05, 3.63) is 53.9 Å². The van der Waals surface area contributed by atoms with E-state index in [-0.39, 0.29) is 18.0 Å². The summed E-state index contributed by atoms with van der Waals surface area (Å²) in [4.78, 5) is 19.4. The number of hydrogen-bond donors (Lipinski definition) is 0. The number of nitrogens with zero attached hydrogens (tertiary/aromatic N) is 6. The molecule has 7 heteroatoms. The van der Waals surface area contributed by atoms with Crippen molar-refractivity contribution in [1.29, 1.82) is 5.26 Å². The highest BCUT2D eigenvalue weighted by Gasteiger charge is 2.23. The molecule has 0 atom stereocenters. The lowest BCUT2D eigenvalue weighted by molar-refractivity contribution is 0.0644. The van der Waals surface area contributed by atoms with Gasteiger partial charge >= 0.3 is 0 Å². The molecule has 4 aromatic rings. The van der Waals surface area contributed by atoms with Crippen LogP contribution in [0.5, 0.6) is 0 Å². The molecule has 0 saturated carbocycles. The number of nitriles is 1. The summed E-state index contributed by atoms with van der Waals surface area (Å²) >= 11 is 0. The zero-order chi connectivity index (χ0) is 21.6. The highest BCUT2D eigenvalue weighted by molar-refractivity contribution is 6.01. The van der Waals surface area contributed by atoms with Gasteiger partial charge in [-0.3, -0.25) is 13.9 Å². The molecule has 0 aliphatic carbocycles. The van der Waals surface area contributed by atoms with Crippen LogP contribution in [0.2, 0.25) is 0 Å². The van der Waals surface area contributed by atoms with E-state index in [4.69, 9.17) is 5.10 Å². The van der Waals surface area contributed by atoms with E-state index >= 15 is 0 Å². The van der Waals surface area contributed by atoms with Crippen molar-refractivity contribution in [1.82, 2.24) is 24.1 Å². The Hall–Kier alpha value is -3.66. The van der Waals surface area contributed by atoms with Crippen LogP contribution < -0.4 is 0 Å². The van der Waals surface area contributed by atoms with E-state index in [0.29, 0.717) is 11.1 Å². The van der Waals surface area contributed by atoms with Crippen LogP contribution in [0.3, 0.4) is 0 Å². The molecule has 0 aliphatic heterocycles. The number of amides is 1. The molecule has 0 N–H and O–H groups in total. The molecule has 3 aromatic heterocycles. The summed E-state index contributed by atoms with van der Waals surface area (Å²) in [7, 11) is 1.87. The maximum atomic E-state index is 13.1. The highest BCUT2D eigenvalue weighted by atomic mass is 16.2. The fourth-order valence-corrected chi connectivity index (χ4v) is 4.02. The van der Waals surface area contributed by atoms with E-state index in [0.717, 1.165) is 27.9 Å². The van der Waals surface area contributed by atoms with Crippen LogP contribution in [0.4, 0.5) is 0 Å². The van der Waals surface area contributed by atoms with Gasteiger partial charge in [0.15, 0.2) is 0 Å². The molecular formula is C23H24N6O. The largest absolute Gasteiger partial charge is 0.334 e. The summed E-state index contributed by atoms with van der Waals surface area (Å²) < 4.78 is 3.66. The summed E-state index contributed by atoms with van der Waals surface area (Å²) in [6.07, 6.45) is 3.52. The Bertz CT molecular complexity index is 1300. The molecule has 0 aliphatic rings. The van der Waals surface area contributed by atoms with Gasteiger partial charge in [0.25, 0.3) is 5.91 Å². The van der Waals surface area contributed by atoms with Crippen molar-refractivity contribution in [3.63, 3.8) is 0 Å². The molecule has 7 nitrogen and oxygen atoms in total. The summed E-state index contributed by atoms with van der Waals surface area (Å²) in [6, 6.07) is 11.7. The highest BCUT2D eigenvalue weighted by Crippen LogP contribution is 2.29. The number of carbonyl (C=O) groups is 1. The minimum Gasteiger partial charge on any atom is -0.334 e. The standard InChI is InChI=1S/C23H24N6O/c1-14(2)29(15(3)4)23(30)17-7-8-18-19(10-17)27(5)26-22(18)20-12-25-21-9-6-16(11-24)13-28(20)21/h6-10,12-15H,1-5H3. The number of benzene rings is 1. The van der Waals surface area contributed by atoms with Gasteiger partial charge in [0.05, 0.1) is 23.0 Å². The van der Waals surface area contributed by atoms with Gasteiger partial charge in [0.1, 0.15) is 17.4 Å². The van der Waals surface area contributed by atoms with Crippen LogP contribution in [0.15, 0.2) is 42.7 Å². The van der Waals surface area contributed by atoms with Crippen LogP contribution >= 0.6 is 0 Å². The molecule has 3 heterocycles. The lowest BCUT2D eigenvalue weighted by Crippen LogP contribution is -2.42. The third-order valence-electron chi connectivity index (χ3n) is 5.32. The topological polar surface area (TPSA) is 79.2 Å². The molecule has 0 spiro atoms. The van der Waals surface area contributed by atoms with Crippen molar-refractivity contribution in [3.8, 4) is 17.5 Å². The Kier molecular flexibility index (Phi) is 4.78. The van der Waals surface area contributed by atoms with Crippen molar-refractivity contribution in [2.24, 2.45) is 7.05 Å². The maximum Gasteiger partial charge on any atom is 0.254 e. The van der Waals surface area contributed by atoms with Gasteiger partial charge in [0, 0.05) is 36.3 Å². The molecule has 152 valence electrons. The second-order valence-electron chi connectivity index (χ2n) is 8.01. The summed E-state index contributed by atoms with van der Waals surface area (Å²) in [5.41, 5.74) is 4.38. The normalized spacial score (nSPS) is 11.5. The lowest BCUT2D eigenvalue weighted by Gasteiger charge is -2.30. The number of rotatable bonds is 4. The molecule has 1 aromatic carbocycles. The average molecular weight is 400 g/mol. The third-order valence-corrected chi connectivity index (χ3v) is 5.32. The van der Waals surface area contributed by atoms with Crippen molar-refractivity contribution in [2.45, 2.75) is 39.8 Å². The molecule has 1 amide bonds. The van der Waals surface area contributed by atoms with Crippen molar-refractivity contribution in [2.75, 3.05) is 0 Å². The van der Waals surface area contributed by atoms with Crippen molar-refractivity contribution < 1.29 is 4.79 Å². The summed E-state index contributed by atoms with van der Waals surface area (Å²) in [5, 5.41) is 14.9. The van der Waals surface area contributed by atoms with Gasteiger partial charge in [-0.05, 0) is 58.0 Å². The molecule has 0 unspecified atom stereocenters. The Labute approximate surface area is 175 Å². The van der Waals surface area contributed by atoms with Crippen LogP contribution in [-0.4, -0.2) is 42.1 Å². The molecule has 0 saturated heterocycles. The number of aromatic nitrogens is 4. The number of hydrogen-bond acceptors (Lipinski definition) is 4. The molecule has 4 rings (SSSR count).